The van der Waals surface area contributed by atoms with Crippen LogP contribution in [0.1, 0.15) is 11.3 Å². The molecule has 1 aliphatic rings. The molecule has 18 heavy (non-hydrogen) atoms. The molecular weight excluding hydrogens is 267 g/mol. The van der Waals surface area contributed by atoms with Crippen LogP contribution in [0.4, 0.5) is 13.2 Å². The lowest BCUT2D eigenvalue weighted by Crippen LogP contribution is -2.13. The van der Waals surface area contributed by atoms with Crippen LogP contribution in [-0.4, -0.2) is 11.6 Å². The van der Waals surface area contributed by atoms with Gasteiger partial charge in [0, 0.05) is 18.1 Å². The molecule has 1 aromatic heterocycles. The molecule has 2 aromatic rings. The van der Waals surface area contributed by atoms with Gasteiger partial charge in [-0.3, -0.25) is 0 Å². The smallest absolute Gasteiger partial charge is 0.169 e. The fourth-order valence-corrected chi connectivity index (χ4v) is 2.41. The van der Waals surface area contributed by atoms with Gasteiger partial charge in [0.15, 0.2) is 17.5 Å². The van der Waals surface area contributed by atoms with E-state index in [-0.39, 0.29) is 22.5 Å². The van der Waals surface area contributed by atoms with Crippen LogP contribution in [0.3, 0.4) is 0 Å². The molecule has 0 bridgehead atoms. The third-order valence-corrected chi connectivity index (χ3v) is 3.37. The highest BCUT2D eigenvalue weighted by Crippen LogP contribution is 2.34. The van der Waals surface area contributed by atoms with Crippen molar-refractivity contribution in [2.45, 2.75) is 13.0 Å². The predicted molar refractivity (Wildman–Crippen MR) is 60.0 cm³/mol. The number of hydrogen-bond acceptors (Lipinski definition) is 2. The van der Waals surface area contributed by atoms with E-state index >= 15 is 0 Å². The summed E-state index contributed by atoms with van der Waals surface area (Å²) in [5.41, 5.74) is 0.836. The molecule has 1 aliphatic heterocycles. The van der Waals surface area contributed by atoms with Crippen molar-refractivity contribution in [1.82, 2.24) is 4.98 Å². The van der Waals surface area contributed by atoms with Gasteiger partial charge in [-0.05, 0) is 0 Å². The highest BCUT2D eigenvalue weighted by molar-refractivity contribution is 6.36. The summed E-state index contributed by atoms with van der Waals surface area (Å²) >= 11 is 6.02. The van der Waals surface area contributed by atoms with E-state index in [1.807, 2.05) is 0 Å². The molecule has 0 amide bonds. The second kappa shape index (κ2) is 4.10. The summed E-state index contributed by atoms with van der Waals surface area (Å²) < 4.78 is 45.7. The molecule has 0 unspecified atom stereocenters. The number of aromatic nitrogens is 1. The monoisotopic (exact) mass is 273 g/mol. The van der Waals surface area contributed by atoms with Crippen molar-refractivity contribution in [3.63, 3.8) is 0 Å². The molecule has 0 atom stereocenters. The van der Waals surface area contributed by atoms with Gasteiger partial charge in [0.25, 0.3) is 0 Å². The SMILES string of the molecule is Fc1cc(F)c2nc3c(c(Cl)c2c1F)COCC3. The minimum Gasteiger partial charge on any atom is -0.376 e. The van der Waals surface area contributed by atoms with Crippen LogP contribution in [0.25, 0.3) is 10.9 Å². The first-order valence-corrected chi connectivity index (χ1v) is 5.69. The third-order valence-electron chi connectivity index (χ3n) is 2.95. The molecule has 0 N–H and O–H groups in total. The highest BCUT2D eigenvalue weighted by atomic mass is 35.5. The van der Waals surface area contributed by atoms with Crippen LogP contribution < -0.4 is 0 Å². The number of halogens is 4. The van der Waals surface area contributed by atoms with E-state index in [1.165, 1.54) is 0 Å². The fraction of sp³-hybridized carbons (Fsp3) is 0.250. The predicted octanol–water partition coefficient (Wildman–Crippen LogP) is 3.38. The van der Waals surface area contributed by atoms with Gasteiger partial charge in [0.1, 0.15) is 5.52 Å². The van der Waals surface area contributed by atoms with Gasteiger partial charge in [-0.25, -0.2) is 18.2 Å². The van der Waals surface area contributed by atoms with Gasteiger partial charge < -0.3 is 4.74 Å². The van der Waals surface area contributed by atoms with Crippen molar-refractivity contribution in [3.05, 3.63) is 39.8 Å². The summed E-state index contributed by atoms with van der Waals surface area (Å²) in [6.07, 6.45) is 0.476. The molecule has 94 valence electrons. The van der Waals surface area contributed by atoms with Crippen molar-refractivity contribution in [2.75, 3.05) is 6.61 Å². The topological polar surface area (TPSA) is 22.1 Å². The van der Waals surface area contributed by atoms with Gasteiger partial charge in [-0.15, -0.1) is 0 Å². The maximum atomic E-state index is 13.7. The molecule has 0 aliphatic carbocycles. The van der Waals surface area contributed by atoms with Crippen molar-refractivity contribution >= 4 is 22.5 Å². The number of pyridine rings is 1. The summed E-state index contributed by atoms with van der Waals surface area (Å²) in [5, 5.41) is -0.344. The normalized spacial score (nSPS) is 14.9. The van der Waals surface area contributed by atoms with Crippen molar-refractivity contribution in [1.29, 1.82) is 0 Å². The van der Waals surface area contributed by atoms with Gasteiger partial charge in [0.2, 0.25) is 0 Å². The van der Waals surface area contributed by atoms with Crippen LogP contribution >= 0.6 is 11.6 Å². The lowest BCUT2D eigenvalue weighted by Gasteiger charge is -2.18. The van der Waals surface area contributed by atoms with Crippen LogP contribution in [0.5, 0.6) is 0 Å². The minimum absolute atomic E-state index is 0.0226. The standard InChI is InChI=1S/C12H7ClF3NO/c13-10-5-4-18-2-1-8(5)17-12-7(15)3-6(14)11(16)9(10)12/h3H,1-2,4H2. The molecule has 2 heterocycles. The Morgan fingerprint density at radius 1 is 1.22 bits per heavy atom. The number of hydrogen-bond donors (Lipinski definition) is 0. The summed E-state index contributed by atoms with van der Waals surface area (Å²) in [4.78, 5) is 4.03. The molecule has 1 aromatic carbocycles. The van der Waals surface area contributed by atoms with Crippen LogP contribution in [-0.2, 0) is 17.8 Å². The summed E-state index contributed by atoms with van der Waals surface area (Å²) in [6, 6.07) is 0.479. The van der Waals surface area contributed by atoms with Crippen LogP contribution in [0.2, 0.25) is 5.02 Å². The van der Waals surface area contributed by atoms with Gasteiger partial charge >= 0.3 is 0 Å². The van der Waals surface area contributed by atoms with Gasteiger partial charge in [-0.1, -0.05) is 11.6 Å². The zero-order chi connectivity index (χ0) is 12.9. The number of fused-ring (bicyclic) bond motifs is 2. The lowest BCUT2D eigenvalue weighted by molar-refractivity contribution is 0.109. The van der Waals surface area contributed by atoms with Crippen molar-refractivity contribution in [3.8, 4) is 0 Å². The first-order chi connectivity index (χ1) is 8.59. The Morgan fingerprint density at radius 2 is 2.00 bits per heavy atom. The number of nitrogens with zero attached hydrogens (tertiary/aromatic N) is 1. The van der Waals surface area contributed by atoms with E-state index in [9.17, 15) is 13.2 Å². The lowest BCUT2D eigenvalue weighted by atomic mass is 10.1. The molecular formula is C12H7ClF3NO. The molecule has 0 radical (unpaired) electrons. The molecule has 6 heteroatoms. The van der Waals surface area contributed by atoms with Crippen molar-refractivity contribution in [2.24, 2.45) is 0 Å². The Balaban J connectivity index is 2.46. The Hall–Kier alpha value is -1.33. The zero-order valence-corrected chi connectivity index (χ0v) is 9.82. The van der Waals surface area contributed by atoms with Gasteiger partial charge in [0.05, 0.1) is 29.3 Å². The van der Waals surface area contributed by atoms with Gasteiger partial charge in [-0.2, -0.15) is 0 Å². The zero-order valence-electron chi connectivity index (χ0n) is 9.07. The Kier molecular flexibility index (Phi) is 2.68. The summed E-state index contributed by atoms with van der Waals surface area (Å²) in [6.45, 7) is 0.627. The Labute approximate surface area is 105 Å². The maximum absolute atomic E-state index is 13.7. The molecule has 0 fully saturated rings. The molecule has 3 rings (SSSR count). The van der Waals surface area contributed by atoms with E-state index in [1.54, 1.807) is 0 Å². The largest absolute Gasteiger partial charge is 0.376 e. The van der Waals surface area contributed by atoms with E-state index in [0.29, 0.717) is 30.4 Å². The Bertz CT molecular complexity index is 660. The minimum atomic E-state index is -1.28. The Morgan fingerprint density at radius 3 is 2.78 bits per heavy atom. The first kappa shape index (κ1) is 11.7. The highest BCUT2D eigenvalue weighted by Gasteiger charge is 2.23. The van der Waals surface area contributed by atoms with E-state index < -0.39 is 17.5 Å². The third kappa shape index (κ3) is 1.58. The molecule has 0 spiro atoms. The maximum Gasteiger partial charge on any atom is 0.169 e. The second-order valence-corrected chi connectivity index (χ2v) is 4.41. The average molecular weight is 274 g/mol. The van der Waals surface area contributed by atoms with Crippen LogP contribution in [0.15, 0.2) is 6.07 Å². The number of rotatable bonds is 0. The summed E-state index contributed by atoms with van der Waals surface area (Å²) in [7, 11) is 0. The second-order valence-electron chi connectivity index (χ2n) is 4.03. The van der Waals surface area contributed by atoms with E-state index in [2.05, 4.69) is 4.98 Å². The quantitative estimate of drug-likeness (QED) is 0.687. The van der Waals surface area contributed by atoms with Crippen molar-refractivity contribution < 1.29 is 17.9 Å². The summed E-state index contributed by atoms with van der Waals surface area (Å²) in [5.74, 6) is -3.38. The van der Waals surface area contributed by atoms with E-state index in [0.717, 1.165) is 0 Å². The fourth-order valence-electron chi connectivity index (χ4n) is 2.07. The first-order valence-electron chi connectivity index (χ1n) is 5.31. The molecule has 0 saturated carbocycles. The molecule has 0 saturated heterocycles. The van der Waals surface area contributed by atoms with Crippen LogP contribution in [0, 0.1) is 17.5 Å². The average Bonchev–Trinajstić information content (AvgIpc) is 2.36. The molecule has 2 nitrogen and oxygen atoms in total. The number of benzene rings is 1. The number of ether oxygens (including phenoxy) is 1. The van der Waals surface area contributed by atoms with E-state index in [4.69, 9.17) is 16.3 Å².